The maximum atomic E-state index is 12.4. The van der Waals surface area contributed by atoms with Crippen molar-refractivity contribution in [2.45, 2.75) is 46.3 Å². The summed E-state index contributed by atoms with van der Waals surface area (Å²) in [7, 11) is 0. The number of aryl methyl sites for hydroxylation is 1. The Morgan fingerprint density at radius 3 is 2.70 bits per heavy atom. The van der Waals surface area contributed by atoms with Crippen LogP contribution in [-0.4, -0.2) is 57.0 Å². The van der Waals surface area contributed by atoms with Gasteiger partial charge in [-0.25, -0.2) is 9.48 Å². The summed E-state index contributed by atoms with van der Waals surface area (Å²) in [5.41, 5.74) is 2.55. The predicted molar refractivity (Wildman–Crippen MR) is 115 cm³/mol. The van der Waals surface area contributed by atoms with Crippen molar-refractivity contribution in [3.63, 3.8) is 0 Å². The van der Waals surface area contributed by atoms with Crippen molar-refractivity contribution in [1.29, 1.82) is 0 Å². The van der Waals surface area contributed by atoms with Gasteiger partial charge in [0.05, 0.1) is 6.20 Å². The molecular weight excluding hydrogens is 406 g/mol. The van der Waals surface area contributed by atoms with Crippen LogP contribution < -0.4 is 4.90 Å². The van der Waals surface area contributed by atoms with Crippen LogP contribution in [0.4, 0.5) is 10.8 Å². The Labute approximate surface area is 180 Å². The molecule has 160 valence electrons. The van der Waals surface area contributed by atoms with E-state index in [9.17, 15) is 4.79 Å². The molecule has 1 aliphatic rings. The number of anilines is 1. The van der Waals surface area contributed by atoms with Crippen LogP contribution in [0.15, 0.2) is 28.9 Å². The Balaban J connectivity index is 1.59. The zero-order valence-corrected chi connectivity index (χ0v) is 18.6. The van der Waals surface area contributed by atoms with Gasteiger partial charge in [-0.05, 0) is 52.3 Å². The van der Waals surface area contributed by atoms with Gasteiger partial charge < -0.3 is 19.0 Å². The van der Waals surface area contributed by atoms with E-state index < -0.39 is 5.60 Å². The van der Waals surface area contributed by atoms with Crippen LogP contribution in [0.1, 0.15) is 33.3 Å². The minimum atomic E-state index is -0.516. The third kappa shape index (κ3) is 4.09. The molecule has 2 aromatic heterocycles. The van der Waals surface area contributed by atoms with E-state index in [-0.39, 0.29) is 12.1 Å². The predicted octanol–water partition coefficient (Wildman–Crippen LogP) is 4.42. The first-order valence-corrected chi connectivity index (χ1v) is 10.3. The first kappa shape index (κ1) is 20.5. The molecule has 4 rings (SSSR count). The quantitative estimate of drug-likeness (QED) is 0.597. The van der Waals surface area contributed by atoms with Crippen LogP contribution in [0.25, 0.3) is 16.8 Å². The Hall–Kier alpha value is -2.74. The standard InChI is InChI=1S/C21H26ClN5O3/c1-13-10-23-27(11-13)17-9-15(22)8-16-18(17)29-19(24-16)26-7-6-25(12-14(26)2)20(28)30-21(3,4)5/h8-11,14H,6-7,12H2,1-5H3. The highest BCUT2D eigenvalue weighted by Crippen LogP contribution is 2.32. The van der Waals surface area contributed by atoms with Crippen molar-refractivity contribution < 1.29 is 13.9 Å². The van der Waals surface area contributed by atoms with Gasteiger partial charge >= 0.3 is 6.09 Å². The van der Waals surface area contributed by atoms with Gasteiger partial charge in [0.1, 0.15) is 16.8 Å². The summed E-state index contributed by atoms with van der Waals surface area (Å²) in [5, 5.41) is 4.93. The number of halogens is 1. The molecule has 9 heteroatoms. The first-order chi connectivity index (χ1) is 14.1. The van der Waals surface area contributed by atoms with Gasteiger partial charge in [0.25, 0.3) is 6.01 Å². The topological polar surface area (TPSA) is 76.6 Å². The van der Waals surface area contributed by atoms with E-state index in [1.165, 1.54) is 0 Å². The lowest BCUT2D eigenvalue weighted by Crippen LogP contribution is -2.54. The van der Waals surface area contributed by atoms with Crippen molar-refractivity contribution in [2.24, 2.45) is 0 Å². The van der Waals surface area contributed by atoms with E-state index in [2.05, 4.69) is 15.0 Å². The zero-order valence-electron chi connectivity index (χ0n) is 17.8. The highest BCUT2D eigenvalue weighted by molar-refractivity contribution is 6.31. The maximum absolute atomic E-state index is 12.4. The smallest absolute Gasteiger partial charge is 0.410 e. The molecule has 0 spiro atoms. The summed E-state index contributed by atoms with van der Waals surface area (Å²) in [6.07, 6.45) is 3.40. The van der Waals surface area contributed by atoms with Crippen molar-refractivity contribution in [2.75, 3.05) is 24.5 Å². The van der Waals surface area contributed by atoms with Gasteiger partial charge in [0.15, 0.2) is 5.58 Å². The number of oxazole rings is 1. The van der Waals surface area contributed by atoms with Gasteiger partial charge in [-0.3, -0.25) is 0 Å². The SMILES string of the molecule is Cc1cnn(-c2cc(Cl)cc3nc(N4CCN(C(=O)OC(C)(C)C)CC4C)oc23)c1. The van der Waals surface area contributed by atoms with Crippen molar-refractivity contribution in [3.8, 4) is 5.69 Å². The summed E-state index contributed by atoms with van der Waals surface area (Å²) in [4.78, 5) is 20.9. The Morgan fingerprint density at radius 2 is 2.07 bits per heavy atom. The highest BCUT2D eigenvalue weighted by atomic mass is 35.5. The second-order valence-corrected chi connectivity index (χ2v) is 9.14. The summed E-state index contributed by atoms with van der Waals surface area (Å²) in [6.45, 7) is 11.3. The molecule has 0 radical (unpaired) electrons. The monoisotopic (exact) mass is 431 g/mol. The Morgan fingerprint density at radius 1 is 1.30 bits per heavy atom. The lowest BCUT2D eigenvalue weighted by Gasteiger charge is -2.39. The number of hydrogen-bond donors (Lipinski definition) is 0. The van der Waals surface area contributed by atoms with Crippen LogP contribution in [0.3, 0.4) is 0 Å². The molecule has 0 bridgehead atoms. The number of benzene rings is 1. The van der Waals surface area contributed by atoms with E-state index in [1.807, 2.05) is 46.9 Å². The molecule has 0 saturated carbocycles. The molecule has 1 aliphatic heterocycles. The average molecular weight is 432 g/mol. The van der Waals surface area contributed by atoms with Crippen LogP contribution in [-0.2, 0) is 4.74 Å². The van der Waals surface area contributed by atoms with Gasteiger partial charge in [-0.15, -0.1) is 0 Å². The van der Waals surface area contributed by atoms with Gasteiger partial charge in [0, 0.05) is 36.9 Å². The first-order valence-electron chi connectivity index (χ1n) is 9.97. The number of nitrogens with zero attached hydrogens (tertiary/aromatic N) is 5. The fraction of sp³-hybridized carbons (Fsp3) is 0.476. The van der Waals surface area contributed by atoms with E-state index >= 15 is 0 Å². The third-order valence-electron chi connectivity index (χ3n) is 4.91. The minimum absolute atomic E-state index is 0.0187. The summed E-state index contributed by atoms with van der Waals surface area (Å²) < 4.78 is 13.4. The summed E-state index contributed by atoms with van der Waals surface area (Å²) in [5.74, 6) is 0. The van der Waals surface area contributed by atoms with E-state index in [0.29, 0.717) is 41.8 Å². The fourth-order valence-corrected chi connectivity index (χ4v) is 3.75. The van der Waals surface area contributed by atoms with Crippen LogP contribution in [0.2, 0.25) is 5.02 Å². The fourth-order valence-electron chi connectivity index (χ4n) is 3.54. The summed E-state index contributed by atoms with van der Waals surface area (Å²) >= 11 is 6.32. The van der Waals surface area contributed by atoms with Crippen LogP contribution >= 0.6 is 11.6 Å². The van der Waals surface area contributed by atoms with Gasteiger partial charge in [-0.2, -0.15) is 10.1 Å². The van der Waals surface area contributed by atoms with Gasteiger partial charge in [-0.1, -0.05) is 11.6 Å². The third-order valence-corrected chi connectivity index (χ3v) is 5.13. The number of piperazine rings is 1. The lowest BCUT2D eigenvalue weighted by atomic mass is 10.2. The van der Waals surface area contributed by atoms with E-state index in [4.69, 9.17) is 20.8 Å². The van der Waals surface area contributed by atoms with E-state index in [1.54, 1.807) is 21.8 Å². The minimum Gasteiger partial charge on any atom is -0.444 e. The number of carbonyl (C=O) groups excluding carboxylic acids is 1. The molecule has 0 N–H and O–H groups in total. The second kappa shape index (κ2) is 7.50. The van der Waals surface area contributed by atoms with Crippen molar-refractivity contribution in [1.82, 2.24) is 19.7 Å². The molecule has 1 aromatic carbocycles. The normalized spacial score (nSPS) is 17.6. The molecule has 3 aromatic rings. The van der Waals surface area contributed by atoms with Crippen LogP contribution in [0.5, 0.6) is 0 Å². The number of amides is 1. The van der Waals surface area contributed by atoms with E-state index in [0.717, 1.165) is 11.3 Å². The van der Waals surface area contributed by atoms with Crippen molar-refractivity contribution in [3.05, 3.63) is 35.1 Å². The molecule has 0 aliphatic carbocycles. The molecule has 1 unspecified atom stereocenters. The summed E-state index contributed by atoms with van der Waals surface area (Å²) in [6, 6.07) is 4.12. The Kier molecular flexibility index (Phi) is 5.13. The number of ether oxygens (including phenoxy) is 1. The number of fused-ring (bicyclic) bond motifs is 1. The molecule has 8 nitrogen and oxygen atoms in total. The number of rotatable bonds is 2. The number of hydrogen-bond acceptors (Lipinski definition) is 6. The molecule has 1 fully saturated rings. The maximum Gasteiger partial charge on any atom is 0.410 e. The number of carbonyl (C=O) groups is 1. The average Bonchev–Trinajstić information content (AvgIpc) is 3.25. The molecule has 1 atom stereocenters. The Bertz CT molecular complexity index is 1080. The molecule has 30 heavy (non-hydrogen) atoms. The molecule has 1 saturated heterocycles. The number of aromatic nitrogens is 3. The molecular formula is C21H26ClN5O3. The van der Waals surface area contributed by atoms with Gasteiger partial charge in [0.2, 0.25) is 0 Å². The van der Waals surface area contributed by atoms with Crippen LogP contribution in [0, 0.1) is 6.92 Å². The molecule has 3 heterocycles. The van der Waals surface area contributed by atoms with Crippen molar-refractivity contribution >= 4 is 34.8 Å². The molecule has 1 amide bonds. The zero-order chi connectivity index (χ0) is 21.6. The second-order valence-electron chi connectivity index (χ2n) is 8.70. The highest BCUT2D eigenvalue weighted by Gasteiger charge is 2.32. The lowest BCUT2D eigenvalue weighted by molar-refractivity contribution is 0.0216. The largest absolute Gasteiger partial charge is 0.444 e.